The first kappa shape index (κ1) is 17.2. The summed E-state index contributed by atoms with van der Waals surface area (Å²) in [7, 11) is 0. The van der Waals surface area contributed by atoms with Crippen LogP contribution in [0.15, 0.2) is 46.1 Å². The lowest BCUT2D eigenvalue weighted by Gasteiger charge is -2.31. The minimum Gasteiger partial charge on any atom is -0.387 e. The minimum absolute atomic E-state index is 0.132. The number of ether oxygens (including phenoxy) is 3. The number of H-pyrrole nitrogens is 1. The maximum absolute atomic E-state index is 12.1. The Morgan fingerprint density at radius 2 is 2.12 bits per heavy atom. The molecule has 0 spiro atoms. The summed E-state index contributed by atoms with van der Waals surface area (Å²) in [4.78, 5) is 25.9. The fourth-order valence-electron chi connectivity index (χ4n) is 3.43. The second kappa shape index (κ2) is 6.48. The van der Waals surface area contributed by atoms with Crippen molar-refractivity contribution in [3.05, 3.63) is 68.5 Å². The molecule has 2 fully saturated rings. The van der Waals surface area contributed by atoms with Crippen LogP contribution < -0.4 is 11.2 Å². The number of aromatic nitrogens is 2. The number of nitrogens with one attached hydrogen (secondary N) is 1. The normalized spacial score (nSPS) is 30.0. The molecule has 0 radical (unpaired) electrons. The van der Waals surface area contributed by atoms with Gasteiger partial charge in [-0.2, -0.15) is 0 Å². The Hall–Kier alpha value is -2.26. The summed E-state index contributed by atoms with van der Waals surface area (Å²) in [5, 5.41) is 10.6. The Morgan fingerprint density at radius 1 is 1.35 bits per heavy atom. The molecule has 2 bridgehead atoms. The number of benzene rings is 1. The van der Waals surface area contributed by atoms with Gasteiger partial charge in [0.05, 0.1) is 19.8 Å². The van der Waals surface area contributed by atoms with Crippen LogP contribution >= 0.6 is 0 Å². The van der Waals surface area contributed by atoms with Gasteiger partial charge in [0.1, 0.15) is 17.8 Å². The fraction of sp³-hybridized carbons (Fsp3) is 0.444. The van der Waals surface area contributed by atoms with E-state index in [-0.39, 0.29) is 13.2 Å². The molecule has 2 aliphatic rings. The molecule has 4 atom stereocenters. The van der Waals surface area contributed by atoms with Gasteiger partial charge in [-0.15, -0.1) is 0 Å². The molecule has 8 heteroatoms. The fourth-order valence-corrected chi connectivity index (χ4v) is 3.43. The maximum Gasteiger partial charge on any atom is 0.330 e. The van der Waals surface area contributed by atoms with E-state index in [1.54, 1.807) is 6.92 Å². The molecule has 138 valence electrons. The van der Waals surface area contributed by atoms with Gasteiger partial charge >= 0.3 is 5.69 Å². The lowest BCUT2D eigenvalue weighted by molar-refractivity contribution is -0.195. The van der Waals surface area contributed by atoms with Crippen molar-refractivity contribution in [1.82, 2.24) is 9.55 Å². The molecule has 8 nitrogen and oxygen atoms in total. The Kier molecular flexibility index (Phi) is 4.28. The SMILES string of the molecule is Cc1cn([C@@H]2O[C@]3(COCc4ccccc4)CO[C@@H]2[C@@H]3O)c(=O)[nH]c1=O. The first-order valence-corrected chi connectivity index (χ1v) is 8.41. The van der Waals surface area contributed by atoms with E-state index in [2.05, 4.69) is 4.98 Å². The van der Waals surface area contributed by atoms with Crippen LogP contribution in [-0.4, -0.2) is 45.7 Å². The van der Waals surface area contributed by atoms with Crippen molar-refractivity contribution in [3.8, 4) is 0 Å². The van der Waals surface area contributed by atoms with Gasteiger partial charge in [-0.25, -0.2) is 4.79 Å². The highest BCUT2D eigenvalue weighted by atomic mass is 16.7. The molecule has 0 amide bonds. The van der Waals surface area contributed by atoms with Crippen molar-refractivity contribution in [3.63, 3.8) is 0 Å². The van der Waals surface area contributed by atoms with Crippen molar-refractivity contribution in [1.29, 1.82) is 0 Å². The number of hydrogen-bond donors (Lipinski definition) is 2. The molecule has 4 rings (SSSR count). The third-order valence-corrected chi connectivity index (χ3v) is 4.88. The molecule has 1 aromatic heterocycles. The van der Waals surface area contributed by atoms with Crippen molar-refractivity contribution in [2.24, 2.45) is 0 Å². The number of aryl methyl sites for hydroxylation is 1. The highest BCUT2D eigenvalue weighted by Crippen LogP contribution is 2.44. The van der Waals surface area contributed by atoms with E-state index in [4.69, 9.17) is 14.2 Å². The molecule has 2 N–H and O–H groups in total. The summed E-state index contributed by atoms with van der Waals surface area (Å²) in [5.74, 6) is 0. The van der Waals surface area contributed by atoms with Crippen LogP contribution in [0.5, 0.6) is 0 Å². The van der Waals surface area contributed by atoms with Crippen LogP contribution in [0, 0.1) is 6.92 Å². The topological polar surface area (TPSA) is 103 Å². The zero-order chi connectivity index (χ0) is 18.3. The molecule has 0 aliphatic carbocycles. The van der Waals surface area contributed by atoms with Crippen molar-refractivity contribution >= 4 is 0 Å². The van der Waals surface area contributed by atoms with Crippen LogP contribution in [0.3, 0.4) is 0 Å². The second-order valence-corrected chi connectivity index (χ2v) is 6.75. The van der Waals surface area contributed by atoms with Crippen LogP contribution in [-0.2, 0) is 20.8 Å². The molecular weight excluding hydrogens is 340 g/mol. The lowest BCUT2D eigenvalue weighted by atomic mass is 10.0. The van der Waals surface area contributed by atoms with Crippen molar-refractivity contribution < 1.29 is 19.3 Å². The molecule has 0 unspecified atom stereocenters. The number of aromatic amines is 1. The summed E-state index contributed by atoms with van der Waals surface area (Å²) < 4.78 is 18.7. The van der Waals surface area contributed by atoms with Gasteiger partial charge in [0.2, 0.25) is 0 Å². The molecule has 2 saturated heterocycles. The monoisotopic (exact) mass is 360 g/mol. The number of rotatable bonds is 5. The average Bonchev–Trinajstić information content (AvgIpc) is 3.09. The standard InChI is InChI=1S/C18H20N2O6/c1-11-7-20(17(23)19-15(11)22)16-13-14(21)18(26-16,10-25-13)9-24-8-12-5-3-2-4-6-12/h2-7,13-14,16,21H,8-10H2,1H3,(H,19,22,23)/t13-,14+,16-,18-/m1/s1. The van der Waals surface area contributed by atoms with E-state index in [0.29, 0.717) is 12.2 Å². The number of aliphatic hydroxyl groups is 1. The largest absolute Gasteiger partial charge is 0.387 e. The first-order valence-electron chi connectivity index (χ1n) is 8.41. The number of hydrogen-bond acceptors (Lipinski definition) is 6. The summed E-state index contributed by atoms with van der Waals surface area (Å²) in [6, 6.07) is 9.67. The molecule has 2 aliphatic heterocycles. The van der Waals surface area contributed by atoms with Gasteiger partial charge < -0.3 is 19.3 Å². The van der Waals surface area contributed by atoms with Gasteiger partial charge in [-0.1, -0.05) is 30.3 Å². The smallest absolute Gasteiger partial charge is 0.330 e. The third kappa shape index (κ3) is 2.80. The number of fused-ring (bicyclic) bond motifs is 2. The van der Waals surface area contributed by atoms with Crippen LogP contribution in [0.2, 0.25) is 0 Å². The predicted octanol–water partition coefficient (Wildman–Crippen LogP) is 0.0891. The molecule has 26 heavy (non-hydrogen) atoms. The first-order chi connectivity index (χ1) is 12.5. The molecule has 3 heterocycles. The highest BCUT2D eigenvalue weighted by Gasteiger charge is 2.62. The van der Waals surface area contributed by atoms with Gasteiger partial charge in [0.15, 0.2) is 6.23 Å². The lowest BCUT2D eigenvalue weighted by Crippen LogP contribution is -2.45. The van der Waals surface area contributed by atoms with Gasteiger partial charge in [0.25, 0.3) is 5.56 Å². The van der Waals surface area contributed by atoms with Gasteiger partial charge in [-0.05, 0) is 12.5 Å². The highest BCUT2D eigenvalue weighted by molar-refractivity contribution is 5.14. The minimum atomic E-state index is -1.03. The van der Waals surface area contributed by atoms with Crippen LogP contribution in [0.4, 0.5) is 0 Å². The molecule has 0 saturated carbocycles. The second-order valence-electron chi connectivity index (χ2n) is 6.75. The van der Waals surface area contributed by atoms with E-state index >= 15 is 0 Å². The summed E-state index contributed by atoms with van der Waals surface area (Å²) in [5.41, 5.74) is -0.699. The van der Waals surface area contributed by atoms with E-state index in [1.165, 1.54) is 10.8 Å². The van der Waals surface area contributed by atoms with Crippen LogP contribution in [0.25, 0.3) is 0 Å². The van der Waals surface area contributed by atoms with Gasteiger partial charge in [0, 0.05) is 11.8 Å². The van der Waals surface area contributed by atoms with E-state index in [1.807, 2.05) is 30.3 Å². The van der Waals surface area contributed by atoms with E-state index < -0.39 is 35.3 Å². The Labute approximate surface area is 149 Å². The van der Waals surface area contributed by atoms with Crippen LogP contribution in [0.1, 0.15) is 17.4 Å². The zero-order valence-electron chi connectivity index (χ0n) is 14.3. The summed E-state index contributed by atoms with van der Waals surface area (Å²) in [6.45, 7) is 2.29. The van der Waals surface area contributed by atoms with Crippen molar-refractivity contribution in [2.75, 3.05) is 13.2 Å². The van der Waals surface area contributed by atoms with Crippen molar-refractivity contribution in [2.45, 2.75) is 37.6 Å². The summed E-state index contributed by atoms with van der Waals surface area (Å²) >= 11 is 0. The Bertz CT molecular complexity index is 908. The van der Waals surface area contributed by atoms with Gasteiger partial charge in [-0.3, -0.25) is 14.3 Å². The quantitative estimate of drug-likeness (QED) is 0.783. The maximum atomic E-state index is 12.1. The Balaban J connectivity index is 1.51. The molecule has 1 aromatic carbocycles. The predicted molar refractivity (Wildman–Crippen MR) is 90.8 cm³/mol. The number of nitrogens with zero attached hydrogens (tertiary/aromatic N) is 1. The third-order valence-electron chi connectivity index (χ3n) is 4.88. The van der Waals surface area contributed by atoms with E-state index in [0.717, 1.165) is 5.56 Å². The zero-order valence-corrected chi connectivity index (χ0v) is 14.3. The average molecular weight is 360 g/mol. The molecular formula is C18H20N2O6. The van der Waals surface area contributed by atoms with E-state index in [9.17, 15) is 14.7 Å². The summed E-state index contributed by atoms with van der Waals surface area (Å²) in [6.07, 6.45) is -1.02. The Morgan fingerprint density at radius 3 is 2.88 bits per heavy atom. The molecule has 2 aromatic rings. The number of aliphatic hydroxyl groups excluding tert-OH is 1.